The largest absolute Gasteiger partial charge is 0.497 e. The number of hydrogen-bond donors (Lipinski definition) is 2. The van der Waals surface area contributed by atoms with Gasteiger partial charge in [0.2, 0.25) is 0 Å². The summed E-state index contributed by atoms with van der Waals surface area (Å²) in [5.41, 5.74) is 7.23. The van der Waals surface area contributed by atoms with Gasteiger partial charge in [-0.3, -0.25) is 4.79 Å². The summed E-state index contributed by atoms with van der Waals surface area (Å²) >= 11 is 0. The average Bonchev–Trinajstić information content (AvgIpc) is 2.73. The molecule has 0 spiro atoms. The fourth-order valence-corrected chi connectivity index (χ4v) is 2.96. The lowest BCUT2D eigenvalue weighted by Gasteiger charge is -2.23. The highest BCUT2D eigenvalue weighted by Gasteiger charge is 2.34. The van der Waals surface area contributed by atoms with Gasteiger partial charge in [-0.2, -0.15) is 5.26 Å². The maximum atomic E-state index is 12.4. The van der Waals surface area contributed by atoms with E-state index in [9.17, 15) is 10.1 Å². The second-order valence-corrected chi connectivity index (χ2v) is 5.81. The number of rotatable bonds is 7. The molecule has 1 atom stereocenters. The van der Waals surface area contributed by atoms with Gasteiger partial charge in [-0.15, -0.1) is 0 Å². The van der Waals surface area contributed by atoms with Crippen LogP contribution in [-0.2, 0) is 9.53 Å². The highest BCUT2D eigenvalue weighted by Crippen LogP contribution is 2.42. The molecule has 1 heterocycles. The SMILES string of the molecule is CCOC1=C(C)C(=O)NC(N)=C(C#N)C1c1cc(OCC)ccc1OCC. The van der Waals surface area contributed by atoms with Gasteiger partial charge in [0.15, 0.2) is 0 Å². The van der Waals surface area contributed by atoms with Crippen LogP contribution in [0.5, 0.6) is 11.5 Å². The van der Waals surface area contributed by atoms with Gasteiger partial charge in [-0.25, -0.2) is 0 Å². The van der Waals surface area contributed by atoms with Crippen LogP contribution in [-0.4, -0.2) is 25.7 Å². The van der Waals surface area contributed by atoms with Gasteiger partial charge in [0.1, 0.15) is 23.1 Å². The molecule has 144 valence electrons. The minimum absolute atomic E-state index is 0.00538. The lowest BCUT2D eigenvalue weighted by atomic mass is 9.87. The Morgan fingerprint density at radius 2 is 1.81 bits per heavy atom. The van der Waals surface area contributed by atoms with Crippen molar-refractivity contribution < 1.29 is 19.0 Å². The molecule has 0 saturated carbocycles. The molecule has 3 N–H and O–H groups in total. The number of amides is 1. The molecule has 7 heteroatoms. The molecule has 7 nitrogen and oxygen atoms in total. The Morgan fingerprint density at radius 3 is 2.41 bits per heavy atom. The summed E-state index contributed by atoms with van der Waals surface area (Å²) in [4.78, 5) is 12.4. The Balaban J connectivity index is 2.79. The second-order valence-electron chi connectivity index (χ2n) is 5.81. The Morgan fingerprint density at radius 1 is 1.15 bits per heavy atom. The number of nitrogens with zero attached hydrogens (tertiary/aromatic N) is 1. The standard InChI is InChI=1S/C20H25N3O4/c1-5-25-13-8-9-16(26-6-2)14(10-13)17-15(11-21)19(22)23-20(24)12(4)18(17)27-7-3/h8-10,17H,5-7,22H2,1-4H3,(H,23,24). The molecule has 0 aromatic heterocycles. The number of nitrogens with two attached hydrogens (primary N) is 1. The summed E-state index contributed by atoms with van der Waals surface area (Å²) in [6, 6.07) is 7.50. The van der Waals surface area contributed by atoms with Gasteiger partial charge in [0.25, 0.3) is 5.91 Å². The summed E-state index contributed by atoms with van der Waals surface area (Å²) in [6.07, 6.45) is 0. The average molecular weight is 371 g/mol. The molecule has 0 saturated heterocycles. The van der Waals surface area contributed by atoms with Gasteiger partial charge >= 0.3 is 0 Å². The lowest BCUT2D eigenvalue weighted by molar-refractivity contribution is -0.117. The summed E-state index contributed by atoms with van der Waals surface area (Å²) in [5, 5.41) is 12.3. The van der Waals surface area contributed by atoms with Crippen molar-refractivity contribution >= 4 is 5.91 Å². The number of ether oxygens (including phenoxy) is 3. The molecule has 0 radical (unpaired) electrons. The van der Waals surface area contributed by atoms with Crippen LogP contribution in [0.3, 0.4) is 0 Å². The van der Waals surface area contributed by atoms with E-state index in [0.29, 0.717) is 48.2 Å². The van der Waals surface area contributed by atoms with Crippen molar-refractivity contribution in [1.82, 2.24) is 5.32 Å². The van der Waals surface area contributed by atoms with Crippen molar-refractivity contribution in [3.63, 3.8) is 0 Å². The van der Waals surface area contributed by atoms with E-state index in [1.165, 1.54) is 0 Å². The van der Waals surface area contributed by atoms with Crippen molar-refractivity contribution in [2.24, 2.45) is 5.73 Å². The van der Waals surface area contributed by atoms with E-state index < -0.39 is 11.8 Å². The second kappa shape index (κ2) is 8.99. The van der Waals surface area contributed by atoms with E-state index in [1.54, 1.807) is 25.1 Å². The van der Waals surface area contributed by atoms with Crippen LogP contribution in [0, 0.1) is 11.3 Å². The first-order valence-corrected chi connectivity index (χ1v) is 8.92. The van der Waals surface area contributed by atoms with Crippen LogP contribution >= 0.6 is 0 Å². The Kier molecular flexibility index (Phi) is 6.72. The summed E-state index contributed by atoms with van der Waals surface area (Å²) in [6.45, 7) is 8.50. The molecule has 1 amide bonds. The maximum Gasteiger partial charge on any atom is 0.255 e. The van der Waals surface area contributed by atoms with Crippen LogP contribution in [0.15, 0.2) is 40.9 Å². The van der Waals surface area contributed by atoms with Gasteiger partial charge in [0.05, 0.1) is 43.0 Å². The van der Waals surface area contributed by atoms with E-state index in [0.717, 1.165) is 0 Å². The van der Waals surface area contributed by atoms with Crippen molar-refractivity contribution in [3.8, 4) is 17.6 Å². The number of carbonyl (C=O) groups is 1. The minimum atomic E-state index is -0.684. The molecular formula is C20H25N3O4. The predicted octanol–water partition coefficient (Wildman–Crippen LogP) is 2.70. The van der Waals surface area contributed by atoms with E-state index in [1.807, 2.05) is 20.8 Å². The lowest BCUT2D eigenvalue weighted by Crippen LogP contribution is -2.28. The van der Waals surface area contributed by atoms with Gasteiger partial charge in [-0.05, 0) is 45.9 Å². The number of allylic oxidation sites excluding steroid dienone is 1. The van der Waals surface area contributed by atoms with E-state index in [4.69, 9.17) is 19.9 Å². The maximum absolute atomic E-state index is 12.4. The summed E-state index contributed by atoms with van der Waals surface area (Å²) in [7, 11) is 0. The van der Waals surface area contributed by atoms with E-state index >= 15 is 0 Å². The molecular weight excluding hydrogens is 346 g/mol. The van der Waals surface area contributed by atoms with Crippen LogP contribution in [0.25, 0.3) is 0 Å². The fourth-order valence-electron chi connectivity index (χ4n) is 2.96. The predicted molar refractivity (Wildman–Crippen MR) is 101 cm³/mol. The third kappa shape index (κ3) is 4.17. The van der Waals surface area contributed by atoms with Crippen molar-refractivity contribution in [1.29, 1.82) is 5.26 Å². The zero-order chi connectivity index (χ0) is 20.0. The van der Waals surface area contributed by atoms with Gasteiger partial charge in [-0.1, -0.05) is 0 Å². The van der Waals surface area contributed by atoms with E-state index in [-0.39, 0.29) is 11.4 Å². The molecule has 1 aromatic carbocycles. The zero-order valence-corrected chi connectivity index (χ0v) is 16.1. The zero-order valence-electron chi connectivity index (χ0n) is 16.1. The Hall–Kier alpha value is -3.14. The smallest absolute Gasteiger partial charge is 0.255 e. The van der Waals surface area contributed by atoms with Crippen molar-refractivity contribution in [3.05, 3.63) is 46.5 Å². The van der Waals surface area contributed by atoms with Crippen LogP contribution < -0.4 is 20.5 Å². The molecule has 2 rings (SSSR count). The van der Waals surface area contributed by atoms with Crippen LogP contribution in [0.1, 0.15) is 39.2 Å². The quantitative estimate of drug-likeness (QED) is 0.763. The van der Waals surface area contributed by atoms with Crippen LogP contribution in [0.2, 0.25) is 0 Å². The Labute approximate surface area is 159 Å². The number of benzene rings is 1. The van der Waals surface area contributed by atoms with Crippen molar-refractivity contribution in [2.75, 3.05) is 19.8 Å². The van der Waals surface area contributed by atoms with Gasteiger partial charge < -0.3 is 25.3 Å². The molecule has 1 aliphatic rings. The molecule has 1 aromatic rings. The normalized spacial score (nSPS) is 17.1. The molecule has 27 heavy (non-hydrogen) atoms. The summed E-state index contributed by atoms with van der Waals surface area (Å²) in [5.74, 6) is 0.503. The molecule has 1 unspecified atom stereocenters. The first-order valence-electron chi connectivity index (χ1n) is 8.92. The number of carbonyl (C=O) groups excluding carboxylic acids is 1. The first kappa shape index (κ1) is 20.2. The Bertz CT molecular complexity index is 821. The third-order valence-corrected chi connectivity index (χ3v) is 4.12. The number of hydrogen-bond acceptors (Lipinski definition) is 6. The molecule has 1 aliphatic heterocycles. The third-order valence-electron chi connectivity index (χ3n) is 4.12. The molecule has 0 aliphatic carbocycles. The summed E-state index contributed by atoms with van der Waals surface area (Å²) < 4.78 is 17.2. The fraction of sp³-hybridized carbons (Fsp3) is 0.400. The molecule has 0 fully saturated rings. The highest BCUT2D eigenvalue weighted by molar-refractivity contribution is 5.95. The van der Waals surface area contributed by atoms with Crippen molar-refractivity contribution in [2.45, 2.75) is 33.6 Å². The number of nitrogens with one attached hydrogen (secondary N) is 1. The first-order chi connectivity index (χ1) is 13.0. The highest BCUT2D eigenvalue weighted by atomic mass is 16.5. The van der Waals surface area contributed by atoms with Gasteiger partial charge in [0, 0.05) is 5.56 Å². The monoisotopic (exact) mass is 371 g/mol. The minimum Gasteiger partial charge on any atom is -0.497 e. The van der Waals surface area contributed by atoms with Crippen LogP contribution in [0.4, 0.5) is 0 Å². The topological polar surface area (TPSA) is 107 Å². The van der Waals surface area contributed by atoms with E-state index in [2.05, 4.69) is 11.4 Å². The molecule has 0 bridgehead atoms. The number of nitriles is 1.